The normalized spacial score (nSPS) is 20.9. The second-order valence-electron chi connectivity index (χ2n) is 5.69. The van der Waals surface area contributed by atoms with Gasteiger partial charge in [-0.15, -0.1) is 0 Å². The van der Waals surface area contributed by atoms with Gasteiger partial charge in [0.2, 0.25) is 5.91 Å². The van der Waals surface area contributed by atoms with Crippen molar-refractivity contribution in [3.63, 3.8) is 0 Å². The van der Waals surface area contributed by atoms with E-state index in [0.717, 1.165) is 23.0 Å². The van der Waals surface area contributed by atoms with Crippen molar-refractivity contribution in [2.24, 2.45) is 5.92 Å². The molecule has 110 valence electrons. The third kappa shape index (κ3) is 3.24. The minimum Gasteiger partial charge on any atom is -0.461 e. The van der Waals surface area contributed by atoms with E-state index >= 15 is 0 Å². The molecule has 5 heteroatoms. The molecule has 5 nitrogen and oxygen atoms in total. The lowest BCUT2D eigenvalue weighted by molar-refractivity contribution is -0.125. The molecule has 1 saturated carbocycles. The van der Waals surface area contributed by atoms with Gasteiger partial charge in [-0.2, -0.15) is 5.10 Å². The molecule has 0 aromatic carbocycles. The van der Waals surface area contributed by atoms with Gasteiger partial charge < -0.3 is 9.32 Å². The van der Waals surface area contributed by atoms with Gasteiger partial charge >= 0.3 is 0 Å². The maximum absolute atomic E-state index is 12.0. The van der Waals surface area contributed by atoms with Gasteiger partial charge in [-0.25, -0.2) is 0 Å². The zero-order chi connectivity index (χ0) is 14.8. The molecule has 2 atom stereocenters. The van der Waals surface area contributed by atoms with Crippen LogP contribution in [0.15, 0.2) is 35.0 Å². The molecule has 0 radical (unpaired) electrons. The molecule has 0 spiro atoms. The number of nitrogens with zero attached hydrogens (tertiary/aromatic N) is 2. The molecule has 21 heavy (non-hydrogen) atoms. The van der Waals surface area contributed by atoms with Crippen molar-refractivity contribution < 1.29 is 9.21 Å². The maximum Gasteiger partial charge on any atom is 0.246 e. The van der Waals surface area contributed by atoms with E-state index in [2.05, 4.69) is 17.1 Å². The van der Waals surface area contributed by atoms with Crippen molar-refractivity contribution in [3.05, 3.63) is 47.7 Å². The highest BCUT2D eigenvalue weighted by Gasteiger charge is 2.36. The van der Waals surface area contributed by atoms with Gasteiger partial charge in [0.1, 0.15) is 11.5 Å². The van der Waals surface area contributed by atoms with Crippen LogP contribution in [0.1, 0.15) is 36.3 Å². The fraction of sp³-hybridized carbons (Fsp3) is 0.375. The second kappa shape index (κ2) is 5.60. The number of furan rings is 1. The van der Waals surface area contributed by atoms with Crippen LogP contribution < -0.4 is 0 Å². The molecule has 2 aromatic heterocycles. The highest BCUT2D eigenvalue weighted by atomic mass is 16.3. The zero-order valence-electron chi connectivity index (χ0n) is 12.2. The lowest BCUT2D eigenvalue weighted by atomic mass is 10.3. The quantitative estimate of drug-likeness (QED) is 0.859. The number of carbonyl (C=O) groups is 1. The Morgan fingerprint density at radius 3 is 3.05 bits per heavy atom. The third-order valence-corrected chi connectivity index (χ3v) is 3.86. The summed E-state index contributed by atoms with van der Waals surface area (Å²) in [4.78, 5) is 13.6. The van der Waals surface area contributed by atoms with Crippen LogP contribution in [0.3, 0.4) is 0 Å². The standard InChI is InChI=1S/C16H19N3O2/c1-11-7-14(11)15-5-3-13(21-15)4-6-16(20)19(2)10-12-8-17-18-9-12/h3-6,8-9,11,14H,7,10H2,1-2H3,(H,17,18). The molecule has 2 unspecified atom stereocenters. The SMILES string of the molecule is CC1CC1c1ccc(C=CC(=O)N(C)Cc2cn[nH]c2)o1. The minimum absolute atomic E-state index is 0.0612. The van der Waals surface area contributed by atoms with Crippen LogP contribution in [0.2, 0.25) is 0 Å². The van der Waals surface area contributed by atoms with E-state index in [0.29, 0.717) is 12.5 Å². The molecule has 2 heterocycles. The summed E-state index contributed by atoms with van der Waals surface area (Å²) in [5.74, 6) is 2.98. The number of nitrogens with one attached hydrogen (secondary N) is 1. The number of hydrogen-bond acceptors (Lipinski definition) is 3. The molecular weight excluding hydrogens is 266 g/mol. The molecule has 3 rings (SSSR count). The van der Waals surface area contributed by atoms with Crippen LogP contribution in [0.5, 0.6) is 0 Å². The Labute approximate surface area is 123 Å². The van der Waals surface area contributed by atoms with Crippen molar-refractivity contribution in [1.29, 1.82) is 0 Å². The first kappa shape index (κ1) is 13.7. The van der Waals surface area contributed by atoms with Gasteiger partial charge in [0, 0.05) is 37.3 Å². The number of rotatable bonds is 5. The second-order valence-corrected chi connectivity index (χ2v) is 5.69. The lowest BCUT2D eigenvalue weighted by Crippen LogP contribution is -2.23. The average Bonchev–Trinajstić information content (AvgIpc) is 2.88. The monoisotopic (exact) mass is 285 g/mol. The summed E-state index contributed by atoms with van der Waals surface area (Å²) in [6, 6.07) is 3.92. The summed E-state index contributed by atoms with van der Waals surface area (Å²) in [6.07, 6.45) is 7.96. The highest BCUT2D eigenvalue weighted by molar-refractivity contribution is 5.91. The van der Waals surface area contributed by atoms with Crippen molar-refractivity contribution in [2.75, 3.05) is 7.05 Å². The van der Waals surface area contributed by atoms with E-state index in [1.807, 2.05) is 12.1 Å². The number of amides is 1. The van der Waals surface area contributed by atoms with Crippen LogP contribution >= 0.6 is 0 Å². The number of aromatic amines is 1. The molecule has 1 aliphatic rings. The Balaban J connectivity index is 1.57. The Morgan fingerprint density at radius 2 is 2.38 bits per heavy atom. The summed E-state index contributed by atoms with van der Waals surface area (Å²) >= 11 is 0. The molecule has 1 N–H and O–H groups in total. The summed E-state index contributed by atoms with van der Waals surface area (Å²) in [5.41, 5.74) is 0.974. The van der Waals surface area contributed by atoms with E-state index < -0.39 is 0 Å². The molecule has 0 saturated heterocycles. The number of H-pyrrole nitrogens is 1. The van der Waals surface area contributed by atoms with E-state index in [-0.39, 0.29) is 5.91 Å². The molecule has 1 fully saturated rings. The van der Waals surface area contributed by atoms with Gasteiger partial charge in [0.15, 0.2) is 0 Å². The molecular formula is C16H19N3O2. The van der Waals surface area contributed by atoms with Crippen LogP contribution in [-0.2, 0) is 11.3 Å². The largest absolute Gasteiger partial charge is 0.461 e. The van der Waals surface area contributed by atoms with Crippen molar-refractivity contribution in [2.45, 2.75) is 25.8 Å². The first-order valence-electron chi connectivity index (χ1n) is 7.14. The Bertz CT molecular complexity index is 642. The van der Waals surface area contributed by atoms with Crippen molar-refractivity contribution >= 4 is 12.0 Å². The van der Waals surface area contributed by atoms with Crippen molar-refractivity contribution in [3.8, 4) is 0 Å². The Kier molecular flexibility index (Phi) is 3.64. The minimum atomic E-state index is -0.0612. The van der Waals surface area contributed by atoms with Gasteiger partial charge in [-0.3, -0.25) is 9.89 Å². The summed E-state index contributed by atoms with van der Waals surface area (Å²) in [7, 11) is 1.76. The first-order chi connectivity index (χ1) is 10.1. The number of aromatic nitrogens is 2. The number of hydrogen-bond donors (Lipinski definition) is 1. The topological polar surface area (TPSA) is 62.1 Å². The Morgan fingerprint density at radius 1 is 1.57 bits per heavy atom. The average molecular weight is 285 g/mol. The maximum atomic E-state index is 12.0. The van der Waals surface area contributed by atoms with Crippen molar-refractivity contribution in [1.82, 2.24) is 15.1 Å². The van der Waals surface area contributed by atoms with Crippen LogP contribution in [0, 0.1) is 5.92 Å². The third-order valence-electron chi connectivity index (χ3n) is 3.86. The molecule has 0 bridgehead atoms. The Hall–Kier alpha value is -2.30. The van der Waals surface area contributed by atoms with Gasteiger partial charge in [-0.05, 0) is 30.5 Å². The van der Waals surface area contributed by atoms with E-state index in [9.17, 15) is 4.79 Å². The fourth-order valence-electron chi connectivity index (χ4n) is 2.37. The fourth-order valence-corrected chi connectivity index (χ4v) is 2.37. The molecule has 1 aliphatic carbocycles. The smallest absolute Gasteiger partial charge is 0.246 e. The summed E-state index contributed by atoms with van der Waals surface area (Å²) < 4.78 is 5.74. The zero-order valence-corrected chi connectivity index (χ0v) is 12.2. The number of carbonyl (C=O) groups excluding carboxylic acids is 1. The van der Waals surface area contributed by atoms with E-state index in [1.54, 1.807) is 36.5 Å². The predicted octanol–water partition coefficient (Wildman–Crippen LogP) is 2.80. The van der Waals surface area contributed by atoms with Gasteiger partial charge in [0.25, 0.3) is 0 Å². The first-order valence-corrected chi connectivity index (χ1v) is 7.14. The van der Waals surface area contributed by atoms with Gasteiger partial charge in [-0.1, -0.05) is 6.92 Å². The predicted molar refractivity (Wildman–Crippen MR) is 79.3 cm³/mol. The van der Waals surface area contributed by atoms with E-state index in [1.165, 1.54) is 6.42 Å². The highest BCUT2D eigenvalue weighted by Crippen LogP contribution is 2.47. The van der Waals surface area contributed by atoms with E-state index in [4.69, 9.17) is 4.42 Å². The molecule has 0 aliphatic heterocycles. The molecule has 2 aromatic rings. The van der Waals surface area contributed by atoms with Crippen LogP contribution in [0.4, 0.5) is 0 Å². The van der Waals surface area contributed by atoms with Crippen LogP contribution in [-0.4, -0.2) is 28.1 Å². The summed E-state index contributed by atoms with van der Waals surface area (Å²) in [5, 5.41) is 6.60. The van der Waals surface area contributed by atoms with Crippen LogP contribution in [0.25, 0.3) is 6.08 Å². The molecule has 1 amide bonds. The number of likely N-dealkylation sites (N-methyl/N-ethyl adjacent to an activating group) is 1. The lowest BCUT2D eigenvalue weighted by Gasteiger charge is -2.13. The summed E-state index contributed by atoms with van der Waals surface area (Å²) in [6.45, 7) is 2.75. The van der Waals surface area contributed by atoms with Gasteiger partial charge in [0.05, 0.1) is 6.20 Å².